The quantitative estimate of drug-likeness (QED) is 0.805. The summed E-state index contributed by atoms with van der Waals surface area (Å²) in [5, 5.41) is 3.51. The number of aromatic nitrogens is 1. The van der Waals surface area contributed by atoms with Crippen LogP contribution < -0.4 is 10.1 Å². The van der Waals surface area contributed by atoms with Crippen molar-refractivity contribution in [2.45, 2.75) is 58.7 Å². The van der Waals surface area contributed by atoms with Crippen LogP contribution in [0, 0.1) is 5.92 Å². The van der Waals surface area contributed by atoms with Gasteiger partial charge in [0.05, 0.1) is 6.10 Å². The molecule has 1 N–H and O–H groups in total. The molecule has 0 saturated heterocycles. The second-order valence-corrected chi connectivity index (χ2v) is 5.68. The molecule has 0 aromatic carbocycles. The summed E-state index contributed by atoms with van der Waals surface area (Å²) >= 11 is 0. The minimum absolute atomic E-state index is 0.222. The van der Waals surface area contributed by atoms with E-state index in [4.69, 9.17) is 4.74 Å². The van der Waals surface area contributed by atoms with Gasteiger partial charge in [-0.15, -0.1) is 0 Å². The second-order valence-electron chi connectivity index (χ2n) is 5.68. The summed E-state index contributed by atoms with van der Waals surface area (Å²) in [6.07, 6.45) is 5.70. The first-order valence-electron chi connectivity index (χ1n) is 6.99. The van der Waals surface area contributed by atoms with E-state index in [1.807, 2.05) is 6.07 Å². The van der Waals surface area contributed by atoms with Crippen molar-refractivity contribution in [1.82, 2.24) is 10.3 Å². The number of nitrogens with one attached hydrogen (secondary N) is 1. The molecule has 3 heteroatoms. The van der Waals surface area contributed by atoms with Crippen molar-refractivity contribution < 1.29 is 4.74 Å². The van der Waals surface area contributed by atoms with E-state index in [2.05, 4.69) is 37.1 Å². The van der Waals surface area contributed by atoms with Crippen LogP contribution in [0.1, 0.15) is 45.6 Å². The Morgan fingerprint density at radius 2 is 2.17 bits per heavy atom. The van der Waals surface area contributed by atoms with Gasteiger partial charge < -0.3 is 10.1 Å². The predicted molar refractivity (Wildman–Crippen MR) is 73.6 cm³/mol. The van der Waals surface area contributed by atoms with Gasteiger partial charge in [-0.1, -0.05) is 19.9 Å². The van der Waals surface area contributed by atoms with Crippen molar-refractivity contribution in [3.63, 3.8) is 0 Å². The van der Waals surface area contributed by atoms with Crippen LogP contribution in [-0.2, 0) is 6.54 Å². The molecule has 1 atom stereocenters. The number of nitrogens with zero attached hydrogens (tertiary/aromatic N) is 1. The largest absolute Gasteiger partial charge is 0.474 e. The maximum atomic E-state index is 5.96. The molecule has 1 aliphatic rings. The molecule has 0 bridgehead atoms. The van der Waals surface area contributed by atoms with Gasteiger partial charge in [0.15, 0.2) is 0 Å². The lowest BCUT2D eigenvalue weighted by Crippen LogP contribution is -2.19. The molecule has 0 amide bonds. The molecule has 1 aromatic heterocycles. The van der Waals surface area contributed by atoms with Gasteiger partial charge in [0.1, 0.15) is 0 Å². The Morgan fingerprint density at radius 3 is 2.83 bits per heavy atom. The van der Waals surface area contributed by atoms with Gasteiger partial charge in [0.25, 0.3) is 0 Å². The standard InChI is InChI=1S/C15H24N2O/c1-11(2)9-12(3)18-15-13(5-4-8-16-15)10-17-14-6-7-14/h4-5,8,11-12,14,17H,6-7,9-10H2,1-3H3. The first-order chi connectivity index (χ1) is 8.65. The minimum Gasteiger partial charge on any atom is -0.474 e. The fourth-order valence-corrected chi connectivity index (χ4v) is 2.11. The number of hydrogen-bond donors (Lipinski definition) is 1. The maximum absolute atomic E-state index is 5.96. The first kappa shape index (κ1) is 13.3. The van der Waals surface area contributed by atoms with Gasteiger partial charge >= 0.3 is 0 Å². The Labute approximate surface area is 110 Å². The lowest BCUT2D eigenvalue weighted by atomic mass is 10.1. The lowest BCUT2D eigenvalue weighted by Gasteiger charge is -2.18. The average Bonchev–Trinajstić information content (AvgIpc) is 3.10. The summed E-state index contributed by atoms with van der Waals surface area (Å²) in [6.45, 7) is 7.41. The highest BCUT2D eigenvalue weighted by molar-refractivity contribution is 5.25. The topological polar surface area (TPSA) is 34.1 Å². The van der Waals surface area contributed by atoms with Crippen molar-refractivity contribution in [1.29, 1.82) is 0 Å². The van der Waals surface area contributed by atoms with Crippen LogP contribution in [0.2, 0.25) is 0 Å². The number of rotatable bonds is 7. The number of pyridine rings is 1. The van der Waals surface area contributed by atoms with E-state index in [1.165, 1.54) is 18.4 Å². The van der Waals surface area contributed by atoms with Crippen molar-refractivity contribution in [3.05, 3.63) is 23.9 Å². The molecule has 3 nitrogen and oxygen atoms in total. The van der Waals surface area contributed by atoms with E-state index in [0.29, 0.717) is 12.0 Å². The number of ether oxygens (including phenoxy) is 1. The van der Waals surface area contributed by atoms with Gasteiger partial charge in [-0.2, -0.15) is 0 Å². The van der Waals surface area contributed by atoms with Crippen molar-refractivity contribution in [3.8, 4) is 5.88 Å². The van der Waals surface area contributed by atoms with Gasteiger partial charge in [-0.3, -0.25) is 0 Å². The van der Waals surface area contributed by atoms with E-state index >= 15 is 0 Å². The Bertz CT molecular complexity index is 375. The zero-order valence-corrected chi connectivity index (χ0v) is 11.6. The highest BCUT2D eigenvalue weighted by Gasteiger charge is 2.21. The van der Waals surface area contributed by atoms with E-state index in [1.54, 1.807) is 6.20 Å². The Balaban J connectivity index is 1.92. The first-order valence-corrected chi connectivity index (χ1v) is 6.99. The zero-order chi connectivity index (χ0) is 13.0. The molecule has 0 radical (unpaired) electrons. The van der Waals surface area contributed by atoms with E-state index < -0.39 is 0 Å². The van der Waals surface area contributed by atoms with Gasteiger partial charge in [-0.25, -0.2) is 4.98 Å². The molecule has 0 spiro atoms. The van der Waals surface area contributed by atoms with Crippen LogP contribution >= 0.6 is 0 Å². The number of hydrogen-bond acceptors (Lipinski definition) is 3. The highest BCUT2D eigenvalue weighted by atomic mass is 16.5. The molecule has 1 unspecified atom stereocenters. The van der Waals surface area contributed by atoms with E-state index in [-0.39, 0.29) is 6.10 Å². The lowest BCUT2D eigenvalue weighted by molar-refractivity contribution is 0.183. The zero-order valence-electron chi connectivity index (χ0n) is 11.6. The molecule has 1 heterocycles. The van der Waals surface area contributed by atoms with Crippen molar-refractivity contribution >= 4 is 0 Å². The Kier molecular flexibility index (Phi) is 4.59. The molecule has 1 aliphatic carbocycles. The fourth-order valence-electron chi connectivity index (χ4n) is 2.11. The molecule has 1 aromatic rings. The molecule has 1 saturated carbocycles. The minimum atomic E-state index is 0.222. The predicted octanol–water partition coefficient (Wildman–Crippen LogP) is 3.15. The summed E-state index contributed by atoms with van der Waals surface area (Å²) < 4.78 is 5.96. The third-order valence-corrected chi connectivity index (χ3v) is 3.12. The second kappa shape index (κ2) is 6.19. The monoisotopic (exact) mass is 248 g/mol. The van der Waals surface area contributed by atoms with Gasteiger partial charge in [0, 0.05) is 24.3 Å². The molecule has 18 heavy (non-hydrogen) atoms. The summed E-state index contributed by atoms with van der Waals surface area (Å²) in [5.41, 5.74) is 1.17. The molecule has 0 aliphatic heterocycles. The molecular weight excluding hydrogens is 224 g/mol. The molecular formula is C15H24N2O. The average molecular weight is 248 g/mol. The fraction of sp³-hybridized carbons (Fsp3) is 0.667. The van der Waals surface area contributed by atoms with Gasteiger partial charge in [0.2, 0.25) is 5.88 Å². The summed E-state index contributed by atoms with van der Waals surface area (Å²) in [4.78, 5) is 4.36. The van der Waals surface area contributed by atoms with Crippen molar-refractivity contribution in [2.75, 3.05) is 0 Å². The van der Waals surface area contributed by atoms with Crippen LogP contribution in [-0.4, -0.2) is 17.1 Å². The van der Waals surface area contributed by atoms with Crippen LogP contribution in [0.25, 0.3) is 0 Å². The smallest absolute Gasteiger partial charge is 0.218 e. The molecule has 2 rings (SSSR count). The van der Waals surface area contributed by atoms with E-state index in [9.17, 15) is 0 Å². The summed E-state index contributed by atoms with van der Waals surface area (Å²) in [5.74, 6) is 1.44. The highest BCUT2D eigenvalue weighted by Crippen LogP contribution is 2.22. The van der Waals surface area contributed by atoms with E-state index in [0.717, 1.165) is 18.8 Å². The Morgan fingerprint density at radius 1 is 1.39 bits per heavy atom. The maximum Gasteiger partial charge on any atom is 0.218 e. The van der Waals surface area contributed by atoms with Crippen LogP contribution in [0.3, 0.4) is 0 Å². The summed E-state index contributed by atoms with van der Waals surface area (Å²) in [7, 11) is 0. The van der Waals surface area contributed by atoms with Crippen LogP contribution in [0.4, 0.5) is 0 Å². The van der Waals surface area contributed by atoms with Crippen molar-refractivity contribution in [2.24, 2.45) is 5.92 Å². The van der Waals surface area contributed by atoms with Gasteiger partial charge in [-0.05, 0) is 38.2 Å². The normalized spacial score (nSPS) is 16.9. The Hall–Kier alpha value is -1.09. The third-order valence-electron chi connectivity index (χ3n) is 3.12. The third kappa shape index (κ3) is 4.30. The van der Waals surface area contributed by atoms with Crippen LogP contribution in [0.5, 0.6) is 5.88 Å². The SMILES string of the molecule is CC(C)CC(C)Oc1ncccc1CNC1CC1. The molecule has 100 valence electrons. The summed E-state index contributed by atoms with van der Waals surface area (Å²) in [6, 6.07) is 4.79. The van der Waals surface area contributed by atoms with Crippen LogP contribution in [0.15, 0.2) is 18.3 Å². The molecule has 1 fully saturated rings.